The summed E-state index contributed by atoms with van der Waals surface area (Å²) in [6, 6.07) is 0. The molecule has 0 saturated carbocycles. The molecule has 0 rings (SSSR count). The van der Waals surface area contributed by atoms with Crippen molar-refractivity contribution in [3.8, 4) is 0 Å². The van der Waals surface area contributed by atoms with Crippen LogP contribution in [0.4, 0.5) is 0 Å². The van der Waals surface area contributed by atoms with Crippen molar-refractivity contribution < 1.29 is 58.2 Å². The van der Waals surface area contributed by atoms with Crippen LogP contribution in [0, 0.1) is 35.6 Å². The fourth-order valence-electron chi connectivity index (χ4n) is 0. The van der Waals surface area contributed by atoms with Gasteiger partial charge in [0.2, 0.25) is 0 Å². The maximum absolute atomic E-state index is 8.00. The topological polar surface area (TPSA) is 17.1 Å². The van der Waals surface area contributed by atoms with E-state index in [1.807, 2.05) is 15.9 Å². The molecule has 4 heavy (non-hydrogen) atoms. The van der Waals surface area contributed by atoms with Gasteiger partial charge in [-0.1, -0.05) is 0 Å². The monoisotopic (exact) mass is 301 g/mol. The van der Waals surface area contributed by atoms with Gasteiger partial charge < -0.3 is 2.85 Å². The van der Waals surface area contributed by atoms with Gasteiger partial charge in [0.05, 0.1) is 0 Å². The first-order chi connectivity index (χ1) is 1.00. The zero-order valence-electron chi connectivity index (χ0n) is 4.05. The molecule has 0 fully saturated rings. The predicted molar refractivity (Wildman–Crippen MR) is 8.66 cm³/mol. The Balaban J connectivity index is -0.000000000833. The Morgan fingerprint density at radius 3 is 1.50 bits per heavy atom. The summed E-state index contributed by atoms with van der Waals surface area (Å²) >= 11 is 2.00. The number of hydrogen-bond acceptors (Lipinski definition) is 1. The van der Waals surface area contributed by atoms with E-state index in [0.717, 1.165) is 0 Å². The van der Waals surface area contributed by atoms with E-state index in [1.165, 1.54) is 0 Å². The van der Waals surface area contributed by atoms with Crippen LogP contribution in [0.1, 0.15) is 2.85 Å². The van der Waals surface area contributed by atoms with E-state index in [2.05, 4.69) is 0 Å². The maximum atomic E-state index is 8.00. The molecule has 0 aliphatic carbocycles. The molecule has 0 aromatic carbocycles. The van der Waals surface area contributed by atoms with E-state index in [4.69, 9.17) is 3.83 Å². The maximum Gasteiger partial charge on any atom is 2.00 e. The SMILES string of the molecule is [H-].[H-].[La].[O]=[Fe].[Sr+2]. The largest absolute Gasteiger partial charge is 2.00 e. The molecule has 0 bridgehead atoms. The van der Waals surface area contributed by atoms with Crippen LogP contribution in [0.15, 0.2) is 0 Å². The Morgan fingerprint density at radius 1 is 1.50 bits per heavy atom. The Labute approximate surface area is 101 Å². The van der Waals surface area contributed by atoms with Crippen molar-refractivity contribution in [2.45, 2.75) is 0 Å². The first-order valence-corrected chi connectivity index (χ1v) is 0.595. The average Bonchev–Trinajstić information content (AvgIpc) is 1.00. The zero-order valence-corrected chi connectivity index (χ0v) is 10.3. The van der Waals surface area contributed by atoms with Crippen molar-refractivity contribution in [3.63, 3.8) is 0 Å². The quantitative estimate of drug-likeness (QED) is 0.563. The molecular formula is H2FeLaOSr. The van der Waals surface area contributed by atoms with Gasteiger partial charge in [0, 0.05) is 35.6 Å². The molecule has 0 atom stereocenters. The first kappa shape index (κ1) is 15.8. The Kier molecular flexibility index (Phi) is 65.7. The fourth-order valence-corrected chi connectivity index (χ4v) is 0. The molecule has 0 N–H and O–H groups in total. The zero-order chi connectivity index (χ0) is 2.00. The molecule has 0 heterocycles. The third-order valence-electron chi connectivity index (χ3n) is 0. The van der Waals surface area contributed by atoms with Gasteiger partial charge >= 0.3 is 65.3 Å². The molecule has 0 aliphatic heterocycles. The van der Waals surface area contributed by atoms with E-state index in [1.54, 1.807) is 0 Å². The van der Waals surface area contributed by atoms with E-state index >= 15 is 0 Å². The second-order valence-corrected chi connectivity index (χ2v) is 0. The summed E-state index contributed by atoms with van der Waals surface area (Å²) in [5.41, 5.74) is 0. The second kappa shape index (κ2) is 16.7. The summed E-state index contributed by atoms with van der Waals surface area (Å²) in [5, 5.41) is 0. The van der Waals surface area contributed by atoms with Gasteiger partial charge in [-0.2, -0.15) is 0 Å². The van der Waals surface area contributed by atoms with E-state index < -0.39 is 0 Å². The van der Waals surface area contributed by atoms with Crippen molar-refractivity contribution in [1.29, 1.82) is 0 Å². The van der Waals surface area contributed by atoms with Crippen LogP contribution >= 0.6 is 0 Å². The summed E-state index contributed by atoms with van der Waals surface area (Å²) in [6.45, 7) is 0. The van der Waals surface area contributed by atoms with Crippen molar-refractivity contribution in [2.24, 2.45) is 0 Å². The standard InChI is InChI=1S/Fe.La.O.Sr.2H/q;;;+2;2*-1. The molecule has 21 valence electrons. The molecule has 0 aromatic heterocycles. The first-order valence-electron chi connectivity index (χ1n) is 0.144. The third kappa shape index (κ3) is 8.89. The van der Waals surface area contributed by atoms with Gasteiger partial charge in [-0.3, -0.25) is 0 Å². The van der Waals surface area contributed by atoms with Crippen LogP contribution < -0.4 is 0 Å². The van der Waals surface area contributed by atoms with Crippen LogP contribution in [0.25, 0.3) is 0 Å². The van der Waals surface area contributed by atoms with Gasteiger partial charge in [-0.25, -0.2) is 0 Å². The summed E-state index contributed by atoms with van der Waals surface area (Å²) in [5.74, 6) is 0. The normalized spacial score (nSPS) is 1.25. The minimum absolute atomic E-state index is 0. The van der Waals surface area contributed by atoms with E-state index in [9.17, 15) is 0 Å². The van der Waals surface area contributed by atoms with Crippen molar-refractivity contribution in [1.82, 2.24) is 0 Å². The molecule has 1 nitrogen and oxygen atoms in total. The Hall–Kier alpha value is 2.99. The minimum Gasteiger partial charge on any atom is 2.00 e. The van der Waals surface area contributed by atoms with Gasteiger partial charge in [-0.05, 0) is 0 Å². The third-order valence-corrected chi connectivity index (χ3v) is 0. The summed E-state index contributed by atoms with van der Waals surface area (Å²) in [7, 11) is 0. The smallest absolute Gasteiger partial charge is 2.00 e. The van der Waals surface area contributed by atoms with Crippen molar-refractivity contribution in [3.05, 3.63) is 0 Å². The number of hydrogen-bond donors (Lipinski definition) is 0. The van der Waals surface area contributed by atoms with Crippen LogP contribution in [-0.4, -0.2) is 45.5 Å². The summed E-state index contributed by atoms with van der Waals surface area (Å²) < 4.78 is 8.00. The summed E-state index contributed by atoms with van der Waals surface area (Å²) in [6.07, 6.45) is 0. The average molecular weight is 300 g/mol. The van der Waals surface area contributed by atoms with Gasteiger partial charge in [0.15, 0.2) is 0 Å². The van der Waals surface area contributed by atoms with E-state index in [-0.39, 0.29) is 83.9 Å². The van der Waals surface area contributed by atoms with Crippen LogP contribution in [0.2, 0.25) is 0 Å². The molecular weight excluding hydrogens is 298 g/mol. The molecule has 0 aromatic rings. The summed E-state index contributed by atoms with van der Waals surface area (Å²) in [4.78, 5) is 0. The van der Waals surface area contributed by atoms with Crippen molar-refractivity contribution in [2.75, 3.05) is 0 Å². The molecule has 4 heteroatoms. The Morgan fingerprint density at radius 2 is 1.50 bits per heavy atom. The molecule has 1 radical (unpaired) electrons. The van der Waals surface area contributed by atoms with Gasteiger partial charge in [0.25, 0.3) is 0 Å². The molecule has 0 unspecified atom stereocenters. The predicted octanol–water partition coefficient (Wildman–Crippen LogP) is -0.277. The van der Waals surface area contributed by atoms with Crippen molar-refractivity contribution >= 4 is 45.5 Å². The van der Waals surface area contributed by atoms with Crippen LogP contribution in [-0.2, 0) is 19.8 Å². The molecule has 0 aliphatic rings. The molecule has 0 saturated heterocycles. The second-order valence-electron chi connectivity index (χ2n) is 0. The van der Waals surface area contributed by atoms with E-state index in [0.29, 0.717) is 0 Å². The molecule has 0 spiro atoms. The van der Waals surface area contributed by atoms with Crippen LogP contribution in [0.3, 0.4) is 0 Å². The number of rotatable bonds is 0. The van der Waals surface area contributed by atoms with Gasteiger partial charge in [0.1, 0.15) is 0 Å². The van der Waals surface area contributed by atoms with Crippen LogP contribution in [0.5, 0.6) is 0 Å². The van der Waals surface area contributed by atoms with Gasteiger partial charge in [-0.15, -0.1) is 0 Å². The fraction of sp³-hybridized carbons (Fsp3) is 0. The Bertz CT molecular complexity index is 13.5. The minimum atomic E-state index is 0. The molecule has 0 amide bonds.